The van der Waals surface area contributed by atoms with Gasteiger partial charge in [0, 0.05) is 18.7 Å². The number of methoxy groups -OCH3 is 1. The van der Waals surface area contributed by atoms with Gasteiger partial charge in [-0.25, -0.2) is 8.42 Å². The molecule has 0 spiro atoms. The van der Waals surface area contributed by atoms with Crippen molar-refractivity contribution in [1.29, 1.82) is 0 Å². The predicted octanol–water partition coefficient (Wildman–Crippen LogP) is 4.54. The number of nitrogens with zero attached hydrogens (tertiary/aromatic N) is 1. The molecule has 0 radical (unpaired) electrons. The first-order valence-electron chi connectivity index (χ1n) is 10.6. The molecule has 0 aliphatic rings. The molecule has 6 nitrogen and oxygen atoms in total. The molecule has 1 N–H and O–H groups in total. The Kier molecular flexibility index (Phi) is 6.35. The summed E-state index contributed by atoms with van der Waals surface area (Å²) < 4.78 is 33.6. The third-order valence-electron chi connectivity index (χ3n) is 5.62. The SMILES string of the molecule is COc1ccc(CN(Cc2cc3cc(C)cc(C)c3[nH]c2=O)S(=O)(=O)c2ccccc2)cc1. The number of aromatic amines is 1. The van der Waals surface area contributed by atoms with Crippen LogP contribution in [-0.4, -0.2) is 24.8 Å². The Morgan fingerprint density at radius 2 is 1.61 bits per heavy atom. The number of fused-ring (bicyclic) bond motifs is 1. The number of ether oxygens (including phenoxy) is 1. The number of pyridine rings is 1. The van der Waals surface area contributed by atoms with Crippen LogP contribution in [0.3, 0.4) is 0 Å². The number of aromatic nitrogens is 1. The summed E-state index contributed by atoms with van der Waals surface area (Å²) in [6, 6.07) is 21.3. The van der Waals surface area contributed by atoms with Gasteiger partial charge in [-0.15, -0.1) is 0 Å². The van der Waals surface area contributed by atoms with Crippen molar-refractivity contribution in [2.75, 3.05) is 7.11 Å². The molecule has 0 unspecified atom stereocenters. The van der Waals surface area contributed by atoms with Crippen LogP contribution in [0.2, 0.25) is 0 Å². The number of rotatable bonds is 7. The molecule has 0 fully saturated rings. The fourth-order valence-electron chi connectivity index (χ4n) is 3.94. The minimum Gasteiger partial charge on any atom is -0.497 e. The largest absolute Gasteiger partial charge is 0.497 e. The number of aryl methyl sites for hydroxylation is 2. The van der Waals surface area contributed by atoms with Gasteiger partial charge < -0.3 is 9.72 Å². The molecule has 0 amide bonds. The Morgan fingerprint density at radius 3 is 2.27 bits per heavy atom. The molecule has 7 heteroatoms. The summed E-state index contributed by atoms with van der Waals surface area (Å²) in [6.45, 7) is 4.00. The van der Waals surface area contributed by atoms with Gasteiger partial charge >= 0.3 is 0 Å². The van der Waals surface area contributed by atoms with E-state index in [2.05, 4.69) is 4.98 Å². The molecule has 1 aromatic heterocycles. The van der Waals surface area contributed by atoms with Crippen LogP contribution >= 0.6 is 0 Å². The number of H-pyrrole nitrogens is 1. The third-order valence-corrected chi connectivity index (χ3v) is 7.42. The Labute approximate surface area is 193 Å². The van der Waals surface area contributed by atoms with Gasteiger partial charge in [0.05, 0.1) is 17.5 Å². The van der Waals surface area contributed by atoms with Gasteiger partial charge in [-0.1, -0.05) is 42.0 Å². The number of hydrogen-bond acceptors (Lipinski definition) is 4. The van der Waals surface area contributed by atoms with Gasteiger partial charge in [-0.3, -0.25) is 4.79 Å². The molecule has 3 aromatic carbocycles. The summed E-state index contributed by atoms with van der Waals surface area (Å²) in [7, 11) is -2.27. The normalized spacial score (nSPS) is 11.8. The third kappa shape index (κ3) is 4.84. The van der Waals surface area contributed by atoms with Crippen LogP contribution in [0.25, 0.3) is 10.9 Å². The van der Waals surface area contributed by atoms with E-state index >= 15 is 0 Å². The molecular formula is C26H26N2O4S. The fourth-order valence-corrected chi connectivity index (χ4v) is 5.37. The van der Waals surface area contributed by atoms with Crippen molar-refractivity contribution in [3.8, 4) is 5.75 Å². The van der Waals surface area contributed by atoms with Gasteiger partial charge in [0.25, 0.3) is 5.56 Å². The highest BCUT2D eigenvalue weighted by atomic mass is 32.2. The molecule has 4 rings (SSSR count). The molecule has 0 saturated carbocycles. The standard InChI is InChI=1S/C26H26N2O4S/c1-18-13-19(2)25-21(14-18)15-22(26(29)27-25)17-28(16-20-9-11-23(32-3)12-10-20)33(30,31)24-7-5-4-6-8-24/h4-15H,16-17H2,1-3H3,(H,27,29). The Balaban J connectivity index is 1.77. The number of hydrogen-bond donors (Lipinski definition) is 1. The smallest absolute Gasteiger partial charge is 0.252 e. The van der Waals surface area contributed by atoms with Crippen molar-refractivity contribution in [3.63, 3.8) is 0 Å². The molecule has 0 bridgehead atoms. The minimum absolute atomic E-state index is 0.0540. The van der Waals surface area contributed by atoms with E-state index in [9.17, 15) is 13.2 Å². The number of nitrogens with one attached hydrogen (secondary N) is 1. The summed E-state index contributed by atoms with van der Waals surface area (Å²) in [4.78, 5) is 16.0. The number of benzene rings is 3. The molecule has 0 saturated heterocycles. The lowest BCUT2D eigenvalue weighted by molar-refractivity contribution is 0.398. The van der Waals surface area contributed by atoms with Gasteiger partial charge in [0.2, 0.25) is 10.0 Å². The average molecular weight is 463 g/mol. The van der Waals surface area contributed by atoms with Crippen LogP contribution in [0.15, 0.2) is 82.5 Å². The highest BCUT2D eigenvalue weighted by molar-refractivity contribution is 7.89. The van der Waals surface area contributed by atoms with E-state index in [1.54, 1.807) is 55.6 Å². The van der Waals surface area contributed by atoms with Crippen molar-refractivity contribution >= 4 is 20.9 Å². The van der Waals surface area contributed by atoms with Crippen LogP contribution in [-0.2, 0) is 23.1 Å². The lowest BCUT2D eigenvalue weighted by atomic mass is 10.1. The van der Waals surface area contributed by atoms with E-state index in [4.69, 9.17) is 4.74 Å². The predicted molar refractivity (Wildman–Crippen MR) is 130 cm³/mol. The summed E-state index contributed by atoms with van der Waals surface area (Å²) in [5, 5.41) is 0.878. The second kappa shape index (κ2) is 9.21. The summed E-state index contributed by atoms with van der Waals surface area (Å²) >= 11 is 0. The minimum atomic E-state index is -3.85. The van der Waals surface area contributed by atoms with E-state index in [0.717, 1.165) is 27.6 Å². The highest BCUT2D eigenvalue weighted by Crippen LogP contribution is 2.23. The molecule has 0 aliphatic heterocycles. The van der Waals surface area contributed by atoms with Gasteiger partial charge in [0.1, 0.15) is 5.75 Å². The lowest BCUT2D eigenvalue weighted by Crippen LogP contribution is -2.32. The molecular weight excluding hydrogens is 436 g/mol. The summed E-state index contributed by atoms with van der Waals surface area (Å²) in [5.41, 5.74) is 3.70. The maximum atomic E-state index is 13.5. The topological polar surface area (TPSA) is 79.5 Å². The zero-order chi connectivity index (χ0) is 23.6. The van der Waals surface area contributed by atoms with E-state index in [0.29, 0.717) is 11.3 Å². The van der Waals surface area contributed by atoms with Gasteiger partial charge in [0.15, 0.2) is 0 Å². The summed E-state index contributed by atoms with van der Waals surface area (Å²) in [6.07, 6.45) is 0. The van der Waals surface area contributed by atoms with E-state index in [1.165, 1.54) is 4.31 Å². The molecule has 33 heavy (non-hydrogen) atoms. The van der Waals surface area contributed by atoms with Crippen molar-refractivity contribution in [2.45, 2.75) is 31.8 Å². The Bertz CT molecular complexity index is 1440. The maximum Gasteiger partial charge on any atom is 0.252 e. The monoisotopic (exact) mass is 462 g/mol. The molecule has 0 aliphatic carbocycles. The van der Waals surface area contributed by atoms with E-state index in [1.807, 2.05) is 38.1 Å². The zero-order valence-electron chi connectivity index (χ0n) is 18.8. The average Bonchev–Trinajstić information content (AvgIpc) is 2.80. The van der Waals surface area contributed by atoms with Crippen molar-refractivity contribution < 1.29 is 13.2 Å². The first-order valence-corrected chi connectivity index (χ1v) is 12.0. The second-order valence-corrected chi connectivity index (χ2v) is 10.0. The fraction of sp³-hybridized carbons (Fsp3) is 0.192. The first kappa shape index (κ1) is 22.8. The number of sulfonamides is 1. The van der Waals surface area contributed by atoms with E-state index in [-0.39, 0.29) is 23.5 Å². The van der Waals surface area contributed by atoms with Gasteiger partial charge in [-0.2, -0.15) is 4.31 Å². The maximum absolute atomic E-state index is 13.5. The van der Waals surface area contributed by atoms with Crippen molar-refractivity contribution in [3.05, 3.63) is 105 Å². The molecule has 170 valence electrons. The van der Waals surface area contributed by atoms with Crippen molar-refractivity contribution in [1.82, 2.24) is 9.29 Å². The van der Waals surface area contributed by atoms with Crippen molar-refractivity contribution in [2.24, 2.45) is 0 Å². The van der Waals surface area contributed by atoms with E-state index < -0.39 is 10.0 Å². The van der Waals surface area contributed by atoms with Crippen LogP contribution in [0.5, 0.6) is 5.75 Å². The Hall–Kier alpha value is -3.42. The second-order valence-electron chi connectivity index (χ2n) is 8.10. The van der Waals surface area contributed by atoms with Gasteiger partial charge in [-0.05, 0) is 66.8 Å². The zero-order valence-corrected chi connectivity index (χ0v) is 19.6. The molecule has 0 atom stereocenters. The molecule has 1 heterocycles. The molecule has 4 aromatic rings. The lowest BCUT2D eigenvalue weighted by Gasteiger charge is -2.22. The highest BCUT2D eigenvalue weighted by Gasteiger charge is 2.26. The van der Waals surface area contributed by atoms with Crippen LogP contribution in [0, 0.1) is 13.8 Å². The Morgan fingerprint density at radius 1 is 0.909 bits per heavy atom. The summed E-state index contributed by atoms with van der Waals surface area (Å²) in [5.74, 6) is 0.688. The van der Waals surface area contributed by atoms with Crippen LogP contribution in [0.1, 0.15) is 22.3 Å². The van der Waals surface area contributed by atoms with Crippen LogP contribution < -0.4 is 10.3 Å². The quantitative estimate of drug-likeness (QED) is 0.437. The van der Waals surface area contributed by atoms with Crippen LogP contribution in [0.4, 0.5) is 0 Å². The first-order chi connectivity index (χ1) is 15.8.